The molecular formula is C28H39N3O8. The highest BCUT2D eigenvalue weighted by atomic mass is 16.6. The Hall–Kier alpha value is -3.50. The summed E-state index contributed by atoms with van der Waals surface area (Å²) in [7, 11) is 1.25. The first kappa shape index (κ1) is 28.5. The van der Waals surface area contributed by atoms with Crippen molar-refractivity contribution in [2.24, 2.45) is 5.41 Å². The molecule has 1 aromatic rings. The predicted octanol–water partition coefficient (Wildman–Crippen LogP) is 3.38. The lowest BCUT2D eigenvalue weighted by Crippen LogP contribution is -2.57. The Bertz CT molecular complexity index is 1090. The van der Waals surface area contributed by atoms with Crippen LogP contribution in [0.15, 0.2) is 18.2 Å². The van der Waals surface area contributed by atoms with Crippen LogP contribution in [0, 0.1) is 5.41 Å². The van der Waals surface area contributed by atoms with Crippen LogP contribution >= 0.6 is 0 Å². The number of methoxy groups -OCH3 is 1. The van der Waals surface area contributed by atoms with E-state index in [2.05, 4.69) is 5.32 Å². The fourth-order valence-electron chi connectivity index (χ4n) is 5.24. The third-order valence-electron chi connectivity index (χ3n) is 7.39. The van der Waals surface area contributed by atoms with Crippen LogP contribution in [-0.4, -0.2) is 78.9 Å². The summed E-state index contributed by atoms with van der Waals surface area (Å²) in [6, 6.07) is 3.87. The number of cyclic esters (lactones) is 1. The molecule has 1 aromatic carbocycles. The molecular weight excluding hydrogens is 506 g/mol. The lowest BCUT2D eigenvalue weighted by Gasteiger charge is -2.34. The summed E-state index contributed by atoms with van der Waals surface area (Å²) in [5, 5.41) is 2.69. The number of esters is 1. The zero-order chi connectivity index (χ0) is 28.2. The van der Waals surface area contributed by atoms with Crippen molar-refractivity contribution >= 4 is 24.1 Å². The fourth-order valence-corrected chi connectivity index (χ4v) is 5.24. The van der Waals surface area contributed by atoms with Gasteiger partial charge in [-0.25, -0.2) is 14.4 Å². The van der Waals surface area contributed by atoms with Crippen molar-refractivity contribution in [1.82, 2.24) is 15.1 Å². The summed E-state index contributed by atoms with van der Waals surface area (Å²) >= 11 is 0. The van der Waals surface area contributed by atoms with E-state index in [9.17, 15) is 19.2 Å². The van der Waals surface area contributed by atoms with Gasteiger partial charge in [0.1, 0.15) is 23.9 Å². The SMILES string of the molecule is COC(=O)C1C[C@@H]2CN1C(=O)[C@H](C(C)(C)C)NC(=O)OCCCCCCOc1cccc3c1CN(C3)C(=O)O2. The number of hydrogen-bond acceptors (Lipinski definition) is 8. The maximum absolute atomic E-state index is 13.7. The molecule has 0 saturated carbocycles. The smallest absolute Gasteiger partial charge is 0.410 e. The summed E-state index contributed by atoms with van der Waals surface area (Å²) in [5.41, 5.74) is 1.28. The van der Waals surface area contributed by atoms with E-state index < -0.39 is 47.7 Å². The molecule has 4 bridgehead atoms. The van der Waals surface area contributed by atoms with Crippen molar-refractivity contribution < 1.29 is 38.1 Å². The van der Waals surface area contributed by atoms with Crippen molar-refractivity contribution in [3.63, 3.8) is 0 Å². The van der Waals surface area contributed by atoms with E-state index in [4.69, 9.17) is 18.9 Å². The lowest BCUT2D eigenvalue weighted by molar-refractivity contribution is -0.152. The molecule has 11 nitrogen and oxygen atoms in total. The molecule has 0 aromatic heterocycles. The van der Waals surface area contributed by atoms with Crippen LogP contribution in [0.3, 0.4) is 0 Å². The Labute approximate surface area is 229 Å². The van der Waals surface area contributed by atoms with Crippen LogP contribution in [0.5, 0.6) is 5.75 Å². The van der Waals surface area contributed by atoms with Crippen molar-refractivity contribution in [2.45, 2.75) is 84.2 Å². The maximum Gasteiger partial charge on any atom is 0.410 e. The van der Waals surface area contributed by atoms with Gasteiger partial charge >= 0.3 is 18.2 Å². The molecule has 3 atom stereocenters. The summed E-state index contributed by atoms with van der Waals surface area (Å²) in [4.78, 5) is 55.1. The van der Waals surface area contributed by atoms with Gasteiger partial charge < -0.3 is 29.2 Å². The van der Waals surface area contributed by atoms with Gasteiger partial charge in [-0.3, -0.25) is 9.69 Å². The van der Waals surface area contributed by atoms with E-state index in [0.717, 1.165) is 36.1 Å². The number of nitrogens with zero attached hydrogens (tertiary/aromatic N) is 2. The molecule has 1 unspecified atom stereocenters. The number of amides is 3. The number of alkyl carbamates (subject to hydrolysis) is 1. The van der Waals surface area contributed by atoms with Gasteiger partial charge in [0, 0.05) is 18.5 Å². The Morgan fingerprint density at radius 2 is 1.74 bits per heavy atom. The highest BCUT2D eigenvalue weighted by molar-refractivity contribution is 5.91. The summed E-state index contributed by atoms with van der Waals surface area (Å²) in [5.74, 6) is -0.318. The molecule has 4 rings (SSSR count). The molecule has 1 saturated heterocycles. The average Bonchev–Trinajstić information content (AvgIpc) is 3.52. The lowest BCUT2D eigenvalue weighted by atomic mass is 9.85. The minimum Gasteiger partial charge on any atom is -0.493 e. The van der Waals surface area contributed by atoms with Gasteiger partial charge in [0.05, 0.1) is 33.4 Å². The van der Waals surface area contributed by atoms with E-state index in [-0.39, 0.29) is 19.6 Å². The summed E-state index contributed by atoms with van der Waals surface area (Å²) in [6.45, 7) is 6.98. The molecule has 0 aliphatic carbocycles. The monoisotopic (exact) mass is 545 g/mol. The van der Waals surface area contributed by atoms with Crippen molar-refractivity contribution in [2.75, 3.05) is 26.9 Å². The average molecular weight is 546 g/mol. The molecule has 0 spiro atoms. The van der Waals surface area contributed by atoms with Crippen LogP contribution in [0.1, 0.15) is 64.0 Å². The number of ether oxygens (including phenoxy) is 4. The zero-order valence-corrected chi connectivity index (χ0v) is 23.2. The Kier molecular flexibility index (Phi) is 8.87. The highest BCUT2D eigenvalue weighted by Gasteiger charge is 2.47. The number of carbonyl (C=O) groups is 4. The van der Waals surface area contributed by atoms with Crippen LogP contribution < -0.4 is 10.1 Å². The number of nitrogens with one attached hydrogen (secondary N) is 1. The molecule has 1 fully saturated rings. The Morgan fingerprint density at radius 3 is 2.44 bits per heavy atom. The van der Waals surface area contributed by atoms with Crippen LogP contribution in [0.25, 0.3) is 0 Å². The van der Waals surface area contributed by atoms with Crippen molar-refractivity contribution in [1.29, 1.82) is 0 Å². The van der Waals surface area contributed by atoms with Gasteiger partial charge in [0.15, 0.2) is 0 Å². The van der Waals surface area contributed by atoms with Crippen LogP contribution in [-0.2, 0) is 36.9 Å². The second-order valence-corrected chi connectivity index (χ2v) is 11.4. The van der Waals surface area contributed by atoms with Crippen molar-refractivity contribution in [3.05, 3.63) is 29.3 Å². The predicted molar refractivity (Wildman–Crippen MR) is 140 cm³/mol. The number of fused-ring (bicyclic) bond motifs is 3. The van der Waals surface area contributed by atoms with Gasteiger partial charge in [0.2, 0.25) is 5.91 Å². The Balaban J connectivity index is 1.57. The molecule has 39 heavy (non-hydrogen) atoms. The minimum atomic E-state index is -0.968. The number of benzene rings is 1. The largest absolute Gasteiger partial charge is 0.493 e. The topological polar surface area (TPSA) is 124 Å². The van der Waals surface area contributed by atoms with Gasteiger partial charge in [-0.15, -0.1) is 0 Å². The molecule has 3 amide bonds. The van der Waals surface area contributed by atoms with E-state index in [0.29, 0.717) is 26.1 Å². The van der Waals surface area contributed by atoms with E-state index in [1.807, 2.05) is 39.0 Å². The number of rotatable bonds is 1. The fraction of sp³-hybridized carbons (Fsp3) is 0.643. The van der Waals surface area contributed by atoms with Gasteiger partial charge in [-0.2, -0.15) is 0 Å². The standard InChI is InChI=1S/C28H39N3O8/c1-28(2,3)23-24(32)31-16-19(14-21(31)25(33)36-4)39-27(35)30-15-18-10-9-11-22(20(18)17-30)37-12-7-5-6-8-13-38-26(34)29-23/h9-11,19,21,23H,5-8,12-17H2,1-4H3,(H,29,34)/t19-,21?,23-/m1/s1. The van der Waals surface area contributed by atoms with Gasteiger partial charge in [-0.05, 0) is 42.7 Å². The molecule has 3 heterocycles. The summed E-state index contributed by atoms with van der Waals surface area (Å²) in [6.07, 6.45) is 1.47. The third-order valence-corrected chi connectivity index (χ3v) is 7.39. The Morgan fingerprint density at radius 1 is 1.03 bits per heavy atom. The van der Waals surface area contributed by atoms with E-state index >= 15 is 0 Å². The van der Waals surface area contributed by atoms with Gasteiger partial charge in [-0.1, -0.05) is 32.9 Å². The second kappa shape index (κ2) is 12.1. The van der Waals surface area contributed by atoms with Gasteiger partial charge in [0.25, 0.3) is 0 Å². The molecule has 0 radical (unpaired) electrons. The molecule has 3 aliphatic heterocycles. The zero-order valence-electron chi connectivity index (χ0n) is 23.2. The first-order valence-corrected chi connectivity index (χ1v) is 13.6. The highest BCUT2D eigenvalue weighted by Crippen LogP contribution is 2.33. The first-order valence-electron chi connectivity index (χ1n) is 13.6. The first-order chi connectivity index (χ1) is 18.6. The number of carbonyl (C=O) groups excluding carboxylic acids is 4. The molecule has 3 aliphatic rings. The normalized spacial score (nSPS) is 25.1. The summed E-state index contributed by atoms with van der Waals surface area (Å²) < 4.78 is 22.1. The van der Waals surface area contributed by atoms with Crippen LogP contribution in [0.4, 0.5) is 9.59 Å². The quantitative estimate of drug-likeness (QED) is 0.421. The molecule has 214 valence electrons. The van der Waals surface area contributed by atoms with Crippen molar-refractivity contribution in [3.8, 4) is 5.75 Å². The number of hydrogen-bond donors (Lipinski definition) is 1. The maximum atomic E-state index is 13.7. The van der Waals surface area contributed by atoms with E-state index in [1.165, 1.54) is 12.0 Å². The molecule has 1 N–H and O–H groups in total. The van der Waals surface area contributed by atoms with Crippen LogP contribution in [0.2, 0.25) is 0 Å². The molecule has 11 heteroatoms. The minimum absolute atomic E-state index is 0.00277. The second-order valence-electron chi connectivity index (χ2n) is 11.4. The van der Waals surface area contributed by atoms with E-state index in [1.54, 1.807) is 4.90 Å². The third kappa shape index (κ3) is 6.75.